The molecule has 4 aromatic carbocycles. The summed E-state index contributed by atoms with van der Waals surface area (Å²) in [6.07, 6.45) is 7.68. The fourth-order valence-electron chi connectivity index (χ4n) is 6.50. The Kier molecular flexibility index (Phi) is 11.0. The highest BCUT2D eigenvalue weighted by atomic mass is 35.5. The van der Waals surface area contributed by atoms with Crippen molar-refractivity contribution in [2.75, 3.05) is 33.3 Å². The SMILES string of the molecule is C=CC(=O)N1CCC(Oc2ccc(/C=C/C(=O)N3CCC(Oc4cc(Cl)cc(-c5ccccc5)c4)CC3)c(-c3ccccc3)c2OC)CC1. The van der Waals surface area contributed by atoms with Crippen LogP contribution in [0.2, 0.25) is 5.02 Å². The van der Waals surface area contributed by atoms with Crippen LogP contribution in [-0.4, -0.2) is 67.1 Å². The lowest BCUT2D eigenvalue weighted by atomic mass is 9.97. The summed E-state index contributed by atoms with van der Waals surface area (Å²) >= 11 is 6.44. The van der Waals surface area contributed by atoms with Crippen molar-refractivity contribution >= 4 is 29.5 Å². The molecule has 0 unspecified atom stereocenters. The predicted molar refractivity (Wildman–Crippen MR) is 195 cm³/mol. The number of carbonyl (C=O) groups is 2. The molecule has 8 heteroatoms. The number of benzene rings is 4. The Morgan fingerprint density at radius 2 is 1.33 bits per heavy atom. The summed E-state index contributed by atoms with van der Waals surface area (Å²) in [6, 6.07) is 29.7. The lowest BCUT2D eigenvalue weighted by molar-refractivity contribution is -0.128. The molecule has 0 aliphatic carbocycles. The molecular weight excluding hydrogens is 636 g/mol. The Labute approximate surface area is 293 Å². The van der Waals surface area contributed by atoms with E-state index in [2.05, 4.69) is 18.7 Å². The summed E-state index contributed by atoms with van der Waals surface area (Å²) in [5.41, 5.74) is 4.75. The van der Waals surface area contributed by atoms with Crippen molar-refractivity contribution < 1.29 is 23.8 Å². The molecule has 7 nitrogen and oxygen atoms in total. The first-order chi connectivity index (χ1) is 23.9. The van der Waals surface area contributed by atoms with Gasteiger partial charge < -0.3 is 24.0 Å². The number of likely N-dealkylation sites (tertiary alicyclic amines) is 2. The fraction of sp³-hybridized carbons (Fsp3) is 0.268. The van der Waals surface area contributed by atoms with Crippen molar-refractivity contribution in [1.29, 1.82) is 0 Å². The summed E-state index contributed by atoms with van der Waals surface area (Å²) < 4.78 is 18.8. The molecule has 0 atom stereocenters. The van der Waals surface area contributed by atoms with Gasteiger partial charge in [-0.05, 0) is 58.7 Å². The molecule has 2 amide bonds. The average Bonchev–Trinajstić information content (AvgIpc) is 3.14. The minimum Gasteiger partial charge on any atom is -0.492 e. The van der Waals surface area contributed by atoms with Crippen molar-refractivity contribution in [2.45, 2.75) is 37.9 Å². The van der Waals surface area contributed by atoms with Gasteiger partial charge in [0.25, 0.3) is 0 Å². The van der Waals surface area contributed by atoms with Gasteiger partial charge in [0.05, 0.1) is 7.11 Å². The predicted octanol–water partition coefficient (Wildman–Crippen LogP) is 8.32. The molecule has 0 saturated carbocycles. The highest BCUT2D eigenvalue weighted by Crippen LogP contribution is 2.42. The highest BCUT2D eigenvalue weighted by molar-refractivity contribution is 6.31. The van der Waals surface area contributed by atoms with Crippen LogP contribution in [0.25, 0.3) is 28.3 Å². The minimum absolute atomic E-state index is 0.00804. The molecular formula is C41H41ClN2O5. The van der Waals surface area contributed by atoms with E-state index in [1.807, 2.05) is 89.8 Å². The van der Waals surface area contributed by atoms with Gasteiger partial charge in [0, 0.05) is 68.5 Å². The number of piperidine rings is 2. The largest absolute Gasteiger partial charge is 0.492 e. The van der Waals surface area contributed by atoms with Gasteiger partial charge in [-0.25, -0.2) is 0 Å². The summed E-state index contributed by atoms with van der Waals surface area (Å²) in [6.45, 7) is 6.02. The third-order valence-corrected chi connectivity index (χ3v) is 9.30. The number of nitrogens with zero attached hydrogens (tertiary/aromatic N) is 2. The summed E-state index contributed by atoms with van der Waals surface area (Å²) in [5.74, 6) is 1.88. The second-order valence-electron chi connectivity index (χ2n) is 12.3. The van der Waals surface area contributed by atoms with E-state index in [9.17, 15) is 9.59 Å². The lowest BCUT2D eigenvalue weighted by Gasteiger charge is -2.32. The Hall–Kier alpha value is -5.01. The molecule has 0 N–H and O–H groups in total. The number of rotatable bonds is 10. The van der Waals surface area contributed by atoms with Crippen molar-refractivity contribution in [3.8, 4) is 39.5 Å². The topological polar surface area (TPSA) is 68.3 Å². The number of hydrogen-bond donors (Lipinski definition) is 0. The molecule has 49 heavy (non-hydrogen) atoms. The Morgan fingerprint density at radius 3 is 1.94 bits per heavy atom. The van der Waals surface area contributed by atoms with E-state index in [1.165, 1.54) is 6.08 Å². The van der Waals surface area contributed by atoms with Crippen LogP contribution in [0.3, 0.4) is 0 Å². The molecule has 0 aromatic heterocycles. The number of halogens is 1. The van der Waals surface area contributed by atoms with Crippen molar-refractivity contribution in [3.63, 3.8) is 0 Å². The molecule has 0 bridgehead atoms. The maximum atomic E-state index is 13.4. The number of amides is 2. The highest BCUT2D eigenvalue weighted by Gasteiger charge is 2.26. The van der Waals surface area contributed by atoms with E-state index in [1.54, 1.807) is 18.1 Å². The molecule has 2 heterocycles. The quantitative estimate of drug-likeness (QED) is 0.158. The molecule has 2 aliphatic rings. The van der Waals surface area contributed by atoms with Crippen LogP contribution in [-0.2, 0) is 9.59 Å². The Balaban J connectivity index is 1.12. The zero-order chi connectivity index (χ0) is 34.2. The first-order valence-electron chi connectivity index (χ1n) is 16.8. The Morgan fingerprint density at radius 1 is 0.735 bits per heavy atom. The monoisotopic (exact) mass is 676 g/mol. The van der Waals surface area contributed by atoms with Crippen molar-refractivity contribution in [3.05, 3.63) is 120 Å². The molecule has 252 valence electrons. The van der Waals surface area contributed by atoms with Gasteiger partial charge in [-0.1, -0.05) is 84.9 Å². The third-order valence-electron chi connectivity index (χ3n) is 9.08. The van der Waals surface area contributed by atoms with Gasteiger partial charge in [-0.2, -0.15) is 0 Å². The first kappa shape index (κ1) is 33.9. The zero-order valence-electron chi connectivity index (χ0n) is 27.7. The normalized spacial score (nSPS) is 15.6. The minimum atomic E-state index is -0.0547. The van der Waals surface area contributed by atoms with Crippen molar-refractivity contribution in [2.24, 2.45) is 0 Å². The van der Waals surface area contributed by atoms with Gasteiger partial charge >= 0.3 is 0 Å². The van der Waals surface area contributed by atoms with Crippen LogP contribution in [0.1, 0.15) is 31.2 Å². The van der Waals surface area contributed by atoms with Crippen LogP contribution >= 0.6 is 11.6 Å². The second-order valence-corrected chi connectivity index (χ2v) is 12.7. The van der Waals surface area contributed by atoms with Crippen LogP contribution in [0.5, 0.6) is 17.2 Å². The first-order valence-corrected chi connectivity index (χ1v) is 17.1. The van der Waals surface area contributed by atoms with E-state index in [0.717, 1.165) is 59.3 Å². The molecule has 0 radical (unpaired) electrons. The van der Waals surface area contributed by atoms with E-state index < -0.39 is 0 Å². The van der Waals surface area contributed by atoms with Crippen LogP contribution in [0.4, 0.5) is 0 Å². The maximum absolute atomic E-state index is 13.4. The summed E-state index contributed by atoms with van der Waals surface area (Å²) in [5, 5.41) is 0.627. The molecule has 2 fully saturated rings. The number of carbonyl (C=O) groups excluding carboxylic acids is 2. The van der Waals surface area contributed by atoms with E-state index in [0.29, 0.717) is 42.7 Å². The third kappa shape index (κ3) is 8.35. The van der Waals surface area contributed by atoms with Gasteiger partial charge in [0.1, 0.15) is 18.0 Å². The molecule has 0 spiro atoms. The van der Waals surface area contributed by atoms with E-state index >= 15 is 0 Å². The average molecular weight is 677 g/mol. The van der Waals surface area contributed by atoms with Gasteiger partial charge in [-0.3, -0.25) is 9.59 Å². The number of methoxy groups -OCH3 is 1. The standard InChI is InChI=1S/C41H41ClN2O5/c1-3-38(45)43-22-20-35(21-23-43)49-37-16-14-31(40(41(37)47-2)30-12-8-5-9-13-30)15-17-39(46)44-24-18-34(19-25-44)48-36-27-32(26-33(42)28-36)29-10-6-4-7-11-29/h3-17,26-28,34-35H,1,18-25H2,2H3/b17-15+. The second kappa shape index (κ2) is 15.9. The van der Waals surface area contributed by atoms with Gasteiger partial charge in [-0.15, -0.1) is 0 Å². The van der Waals surface area contributed by atoms with Gasteiger partial charge in [0.15, 0.2) is 11.5 Å². The fourth-order valence-corrected chi connectivity index (χ4v) is 6.72. The smallest absolute Gasteiger partial charge is 0.246 e. The molecule has 2 aliphatic heterocycles. The maximum Gasteiger partial charge on any atom is 0.246 e. The van der Waals surface area contributed by atoms with Crippen LogP contribution < -0.4 is 14.2 Å². The number of ether oxygens (including phenoxy) is 3. The van der Waals surface area contributed by atoms with E-state index in [-0.39, 0.29) is 24.0 Å². The van der Waals surface area contributed by atoms with E-state index in [4.69, 9.17) is 25.8 Å². The molecule has 4 aromatic rings. The van der Waals surface area contributed by atoms with Crippen LogP contribution in [0, 0.1) is 0 Å². The zero-order valence-corrected chi connectivity index (χ0v) is 28.5. The molecule has 2 saturated heterocycles. The number of hydrogen-bond acceptors (Lipinski definition) is 5. The summed E-state index contributed by atoms with van der Waals surface area (Å²) in [7, 11) is 1.64. The molecule has 6 rings (SSSR count). The Bertz CT molecular complexity index is 1790. The summed E-state index contributed by atoms with van der Waals surface area (Å²) in [4.78, 5) is 29.1. The van der Waals surface area contributed by atoms with Crippen molar-refractivity contribution in [1.82, 2.24) is 9.80 Å². The van der Waals surface area contributed by atoms with Gasteiger partial charge in [0.2, 0.25) is 11.8 Å². The lowest BCUT2D eigenvalue weighted by Crippen LogP contribution is -2.41. The van der Waals surface area contributed by atoms with Crippen LogP contribution in [0.15, 0.2) is 110 Å².